The summed E-state index contributed by atoms with van der Waals surface area (Å²) in [5.41, 5.74) is 4.03. The first kappa shape index (κ1) is 15.5. The van der Waals surface area contributed by atoms with Gasteiger partial charge < -0.3 is 5.32 Å². The molecule has 0 spiro atoms. The minimum atomic E-state index is -0.140. The molecule has 4 aromatic rings. The second-order valence-electron chi connectivity index (χ2n) is 5.68. The third-order valence-electron chi connectivity index (χ3n) is 3.90. The molecule has 2 aromatic carbocycles. The van der Waals surface area contributed by atoms with Crippen molar-refractivity contribution in [3.05, 3.63) is 66.7 Å². The Morgan fingerprint density at radius 1 is 0.960 bits per heavy atom. The minimum absolute atomic E-state index is 0.140. The Hall–Kier alpha value is -3.05. The molecule has 0 aliphatic carbocycles. The number of carbonyl (C=O) groups excluding carboxylic acids is 1. The van der Waals surface area contributed by atoms with E-state index in [0.717, 1.165) is 32.6 Å². The lowest BCUT2D eigenvalue weighted by Crippen LogP contribution is -2.06. The lowest BCUT2D eigenvalue weighted by atomic mass is 10.0. The van der Waals surface area contributed by atoms with Crippen molar-refractivity contribution in [2.45, 2.75) is 6.92 Å². The van der Waals surface area contributed by atoms with Crippen molar-refractivity contribution in [2.75, 3.05) is 5.32 Å². The third-order valence-corrected chi connectivity index (χ3v) is 4.64. The SMILES string of the molecule is CC(=O)Nc1nsc2nc(-c3ccccc3)cc(-c3ccccc3)c12. The number of carbonyl (C=O) groups is 1. The van der Waals surface area contributed by atoms with Crippen LogP contribution < -0.4 is 5.32 Å². The van der Waals surface area contributed by atoms with Crippen LogP contribution in [0, 0.1) is 0 Å². The molecule has 25 heavy (non-hydrogen) atoms. The van der Waals surface area contributed by atoms with E-state index in [2.05, 4.69) is 27.9 Å². The number of nitrogens with one attached hydrogen (secondary N) is 1. The first-order chi connectivity index (χ1) is 12.2. The Bertz CT molecular complexity index is 1040. The highest BCUT2D eigenvalue weighted by Gasteiger charge is 2.16. The summed E-state index contributed by atoms with van der Waals surface area (Å²) >= 11 is 1.30. The second-order valence-corrected chi connectivity index (χ2v) is 6.43. The summed E-state index contributed by atoms with van der Waals surface area (Å²) in [4.78, 5) is 17.1. The fourth-order valence-corrected chi connectivity index (χ4v) is 3.56. The zero-order valence-corrected chi connectivity index (χ0v) is 14.4. The molecule has 0 radical (unpaired) electrons. The van der Waals surface area contributed by atoms with Crippen molar-refractivity contribution in [2.24, 2.45) is 0 Å². The van der Waals surface area contributed by atoms with E-state index in [1.807, 2.05) is 48.5 Å². The first-order valence-corrected chi connectivity index (χ1v) is 8.68. The molecule has 4 nitrogen and oxygen atoms in total. The minimum Gasteiger partial charge on any atom is -0.310 e. The average Bonchev–Trinajstić information content (AvgIpc) is 3.05. The Morgan fingerprint density at radius 2 is 1.60 bits per heavy atom. The van der Waals surface area contributed by atoms with Crippen LogP contribution in [0.25, 0.3) is 32.6 Å². The van der Waals surface area contributed by atoms with Crippen LogP contribution in [0.1, 0.15) is 6.92 Å². The van der Waals surface area contributed by atoms with Crippen molar-refractivity contribution in [1.29, 1.82) is 0 Å². The molecular weight excluding hydrogens is 330 g/mol. The predicted octanol–water partition coefficient (Wildman–Crippen LogP) is 4.98. The largest absolute Gasteiger partial charge is 0.310 e. The number of pyridine rings is 1. The van der Waals surface area contributed by atoms with Crippen molar-refractivity contribution in [3.63, 3.8) is 0 Å². The number of aromatic nitrogens is 2. The van der Waals surface area contributed by atoms with Crippen LogP contribution in [0.15, 0.2) is 66.7 Å². The van der Waals surface area contributed by atoms with E-state index in [4.69, 9.17) is 4.98 Å². The predicted molar refractivity (Wildman–Crippen MR) is 103 cm³/mol. The zero-order valence-electron chi connectivity index (χ0n) is 13.6. The fourth-order valence-electron chi connectivity index (χ4n) is 2.81. The van der Waals surface area contributed by atoms with Crippen LogP contribution >= 0.6 is 11.5 Å². The molecule has 2 aromatic heterocycles. The van der Waals surface area contributed by atoms with Gasteiger partial charge in [0.1, 0.15) is 4.83 Å². The van der Waals surface area contributed by atoms with Crippen LogP contribution in [0.4, 0.5) is 5.82 Å². The smallest absolute Gasteiger partial charge is 0.222 e. The van der Waals surface area contributed by atoms with Gasteiger partial charge in [0, 0.05) is 12.5 Å². The lowest BCUT2D eigenvalue weighted by molar-refractivity contribution is -0.114. The van der Waals surface area contributed by atoms with E-state index in [1.54, 1.807) is 0 Å². The molecule has 2 heterocycles. The van der Waals surface area contributed by atoms with Crippen LogP contribution in [-0.4, -0.2) is 15.3 Å². The molecule has 4 rings (SSSR count). The van der Waals surface area contributed by atoms with Crippen molar-refractivity contribution < 1.29 is 4.79 Å². The van der Waals surface area contributed by atoms with Gasteiger partial charge in [0.05, 0.1) is 11.1 Å². The van der Waals surface area contributed by atoms with E-state index in [9.17, 15) is 4.79 Å². The standard InChI is InChI=1S/C20H15N3OS/c1-13(24)21-19-18-16(14-8-4-2-5-9-14)12-17(22-20(18)25-23-19)15-10-6-3-7-11-15/h2-12H,1H3,(H,21,23,24). The Morgan fingerprint density at radius 3 is 2.24 bits per heavy atom. The highest BCUT2D eigenvalue weighted by atomic mass is 32.1. The van der Waals surface area contributed by atoms with Crippen molar-refractivity contribution in [1.82, 2.24) is 9.36 Å². The summed E-state index contributed by atoms with van der Waals surface area (Å²) in [5.74, 6) is 0.428. The van der Waals surface area contributed by atoms with Gasteiger partial charge in [-0.1, -0.05) is 60.7 Å². The molecule has 0 bridgehead atoms. The van der Waals surface area contributed by atoms with Gasteiger partial charge in [-0.15, -0.1) is 0 Å². The number of hydrogen-bond donors (Lipinski definition) is 1. The number of fused-ring (bicyclic) bond motifs is 1. The van der Waals surface area contributed by atoms with Gasteiger partial charge in [-0.05, 0) is 28.7 Å². The Kier molecular flexibility index (Phi) is 3.99. The van der Waals surface area contributed by atoms with Gasteiger partial charge in [0.15, 0.2) is 5.82 Å². The summed E-state index contributed by atoms with van der Waals surface area (Å²) in [6, 6.07) is 22.2. The molecule has 1 N–H and O–H groups in total. The van der Waals surface area contributed by atoms with Gasteiger partial charge in [-0.3, -0.25) is 4.79 Å². The van der Waals surface area contributed by atoms with Gasteiger partial charge >= 0.3 is 0 Å². The average molecular weight is 345 g/mol. The van der Waals surface area contributed by atoms with Crippen LogP contribution in [0.2, 0.25) is 0 Å². The summed E-state index contributed by atoms with van der Waals surface area (Å²) in [6.07, 6.45) is 0. The van der Waals surface area contributed by atoms with Gasteiger partial charge in [-0.2, -0.15) is 4.37 Å². The quantitative estimate of drug-likeness (QED) is 0.569. The topological polar surface area (TPSA) is 54.9 Å². The van der Waals surface area contributed by atoms with Gasteiger partial charge in [-0.25, -0.2) is 4.98 Å². The van der Waals surface area contributed by atoms with Gasteiger partial charge in [0.25, 0.3) is 0 Å². The number of rotatable bonds is 3. The number of hydrogen-bond acceptors (Lipinski definition) is 4. The maximum absolute atomic E-state index is 11.5. The number of nitrogens with zero attached hydrogens (tertiary/aromatic N) is 2. The Labute approximate surface area is 149 Å². The molecule has 0 unspecified atom stereocenters. The number of benzene rings is 2. The maximum Gasteiger partial charge on any atom is 0.222 e. The van der Waals surface area contributed by atoms with E-state index < -0.39 is 0 Å². The highest BCUT2D eigenvalue weighted by Crippen LogP contribution is 2.37. The first-order valence-electron chi connectivity index (χ1n) is 7.91. The fraction of sp³-hybridized carbons (Fsp3) is 0.0500. The van der Waals surface area contributed by atoms with Crippen LogP contribution in [-0.2, 0) is 4.79 Å². The maximum atomic E-state index is 11.5. The van der Waals surface area contributed by atoms with Crippen LogP contribution in [0.5, 0.6) is 0 Å². The molecule has 5 heteroatoms. The van der Waals surface area contributed by atoms with Crippen LogP contribution in [0.3, 0.4) is 0 Å². The molecule has 1 amide bonds. The molecule has 0 fully saturated rings. The Balaban J connectivity index is 2.00. The normalized spacial score (nSPS) is 10.8. The summed E-state index contributed by atoms with van der Waals surface area (Å²) in [5, 5.41) is 3.70. The third kappa shape index (κ3) is 3.02. The number of anilines is 1. The second kappa shape index (κ2) is 6.45. The molecular formula is C20H15N3OS. The van der Waals surface area contributed by atoms with E-state index in [1.165, 1.54) is 18.5 Å². The van der Waals surface area contributed by atoms with E-state index >= 15 is 0 Å². The lowest BCUT2D eigenvalue weighted by Gasteiger charge is -2.09. The monoisotopic (exact) mass is 345 g/mol. The zero-order chi connectivity index (χ0) is 17.2. The molecule has 122 valence electrons. The molecule has 0 saturated carbocycles. The highest BCUT2D eigenvalue weighted by molar-refractivity contribution is 7.13. The molecule has 0 aliphatic rings. The summed E-state index contributed by atoms with van der Waals surface area (Å²) < 4.78 is 4.40. The van der Waals surface area contributed by atoms with E-state index in [0.29, 0.717) is 5.82 Å². The number of amides is 1. The molecule has 0 aliphatic heterocycles. The van der Waals surface area contributed by atoms with Crippen molar-refractivity contribution in [3.8, 4) is 22.4 Å². The van der Waals surface area contributed by atoms with Crippen molar-refractivity contribution >= 4 is 33.5 Å². The summed E-state index contributed by atoms with van der Waals surface area (Å²) in [6.45, 7) is 1.49. The molecule has 0 atom stereocenters. The molecule has 0 saturated heterocycles. The van der Waals surface area contributed by atoms with E-state index in [-0.39, 0.29) is 5.91 Å². The van der Waals surface area contributed by atoms with Gasteiger partial charge in [0.2, 0.25) is 5.91 Å². The summed E-state index contributed by atoms with van der Waals surface area (Å²) in [7, 11) is 0.